The number of esters is 1. The van der Waals surface area contributed by atoms with Crippen LogP contribution < -0.4 is 0 Å². The number of carboxylic acid groups (broad SMARTS) is 1. The van der Waals surface area contributed by atoms with E-state index in [4.69, 9.17) is 9.66 Å². The predicted molar refractivity (Wildman–Crippen MR) is 64.7 cm³/mol. The average molecular weight is 422 g/mol. The van der Waals surface area contributed by atoms with Gasteiger partial charge in [0.25, 0.3) is 0 Å². The van der Waals surface area contributed by atoms with Crippen LogP contribution in [0.15, 0.2) is 12.7 Å². The summed E-state index contributed by atoms with van der Waals surface area (Å²) < 4.78 is 126. The number of rotatable bonds is 9. The SMILES string of the molecule is C=CC(=O)OC(OCCC(F)(F)C(F)(F)S(=O)(=O)O)(C(=O)O)C(F)(F)F. The normalized spacial score (nSPS) is 15.8. The van der Waals surface area contributed by atoms with Crippen LogP contribution in [-0.4, -0.2) is 59.8 Å². The number of carboxylic acids is 1. The summed E-state index contributed by atoms with van der Waals surface area (Å²) in [6.45, 7) is 0.489. The number of halogens is 7. The van der Waals surface area contributed by atoms with Gasteiger partial charge in [0.1, 0.15) is 0 Å². The van der Waals surface area contributed by atoms with Crippen molar-refractivity contribution in [2.75, 3.05) is 6.61 Å². The van der Waals surface area contributed by atoms with Gasteiger partial charge in [-0.2, -0.15) is 39.2 Å². The molecule has 0 rings (SSSR count). The van der Waals surface area contributed by atoms with E-state index >= 15 is 0 Å². The Morgan fingerprint density at radius 3 is 1.85 bits per heavy atom. The number of carbonyl (C=O) groups is 2. The molecule has 0 aliphatic carbocycles. The zero-order chi connectivity index (χ0) is 21.2. The summed E-state index contributed by atoms with van der Waals surface area (Å²) in [4.78, 5) is 21.7. The molecule has 0 aromatic rings. The third-order valence-electron chi connectivity index (χ3n) is 2.54. The van der Waals surface area contributed by atoms with E-state index in [1.807, 2.05) is 0 Å². The van der Waals surface area contributed by atoms with E-state index in [0.717, 1.165) is 0 Å². The fourth-order valence-electron chi connectivity index (χ4n) is 1.24. The Morgan fingerprint density at radius 1 is 1.08 bits per heavy atom. The predicted octanol–water partition coefficient (Wildman–Crippen LogP) is 1.58. The van der Waals surface area contributed by atoms with Crippen LogP contribution in [0.25, 0.3) is 0 Å². The Morgan fingerprint density at radius 2 is 1.54 bits per heavy atom. The molecule has 2 N–H and O–H groups in total. The first-order valence-corrected chi connectivity index (χ1v) is 7.32. The van der Waals surface area contributed by atoms with E-state index in [-0.39, 0.29) is 6.08 Å². The zero-order valence-electron chi connectivity index (χ0n) is 12.1. The van der Waals surface area contributed by atoms with Gasteiger partial charge in [-0.05, 0) is 0 Å². The Labute approximate surface area is 139 Å². The van der Waals surface area contributed by atoms with Crippen molar-refractivity contribution in [2.45, 2.75) is 29.6 Å². The van der Waals surface area contributed by atoms with Crippen molar-refractivity contribution in [2.24, 2.45) is 0 Å². The van der Waals surface area contributed by atoms with Crippen LogP contribution in [0.1, 0.15) is 6.42 Å². The Balaban J connectivity index is 5.63. The lowest BCUT2D eigenvalue weighted by Crippen LogP contribution is -2.58. The largest absolute Gasteiger partial charge is 0.476 e. The highest BCUT2D eigenvalue weighted by molar-refractivity contribution is 7.87. The Bertz CT molecular complexity index is 671. The number of hydrogen-bond donors (Lipinski definition) is 2. The molecule has 0 bridgehead atoms. The lowest BCUT2D eigenvalue weighted by atomic mass is 10.2. The molecule has 0 spiro atoms. The van der Waals surface area contributed by atoms with Crippen LogP contribution in [0, 0.1) is 0 Å². The summed E-state index contributed by atoms with van der Waals surface area (Å²) in [5.41, 5.74) is 0. The summed E-state index contributed by atoms with van der Waals surface area (Å²) in [6, 6.07) is 0. The number of aliphatic carboxylic acids is 1. The molecule has 1 unspecified atom stereocenters. The van der Waals surface area contributed by atoms with Gasteiger partial charge in [-0.3, -0.25) is 4.55 Å². The van der Waals surface area contributed by atoms with Gasteiger partial charge < -0.3 is 14.6 Å². The quantitative estimate of drug-likeness (QED) is 0.189. The first-order valence-electron chi connectivity index (χ1n) is 5.88. The maximum absolute atomic E-state index is 13.2. The van der Waals surface area contributed by atoms with Crippen LogP contribution in [0.4, 0.5) is 30.7 Å². The maximum Gasteiger partial charge on any atom is 0.468 e. The van der Waals surface area contributed by atoms with Gasteiger partial charge in [-0.25, -0.2) is 9.59 Å². The van der Waals surface area contributed by atoms with Crippen LogP contribution in [0.5, 0.6) is 0 Å². The fraction of sp³-hybridized carbons (Fsp3) is 0.600. The van der Waals surface area contributed by atoms with Crippen LogP contribution in [-0.2, 0) is 29.2 Å². The van der Waals surface area contributed by atoms with E-state index in [2.05, 4.69) is 16.1 Å². The molecular formula is C10H9F7O8S. The number of carbonyl (C=O) groups excluding carboxylic acids is 1. The Kier molecular flexibility index (Phi) is 6.81. The van der Waals surface area contributed by atoms with Gasteiger partial charge in [0, 0.05) is 12.5 Å². The highest BCUT2D eigenvalue weighted by Crippen LogP contribution is 2.42. The molecule has 0 amide bonds. The molecule has 0 heterocycles. The van der Waals surface area contributed by atoms with Crippen LogP contribution in [0.2, 0.25) is 0 Å². The van der Waals surface area contributed by atoms with Gasteiger partial charge in [0.05, 0.1) is 6.61 Å². The van der Waals surface area contributed by atoms with Gasteiger partial charge in [0.15, 0.2) is 0 Å². The first-order chi connectivity index (χ1) is 11.4. The van der Waals surface area contributed by atoms with Crippen LogP contribution >= 0.6 is 0 Å². The lowest BCUT2D eigenvalue weighted by Gasteiger charge is -2.31. The molecule has 0 aliphatic heterocycles. The van der Waals surface area contributed by atoms with Crippen molar-refractivity contribution >= 4 is 22.1 Å². The minimum atomic E-state index is -6.67. The average Bonchev–Trinajstić information content (AvgIpc) is 2.42. The fourth-order valence-corrected chi connectivity index (χ4v) is 1.72. The van der Waals surface area contributed by atoms with E-state index in [1.54, 1.807) is 0 Å². The number of alkyl halides is 7. The number of hydrogen-bond acceptors (Lipinski definition) is 6. The Hall–Kier alpha value is -1.94. The second-order valence-electron chi connectivity index (χ2n) is 4.34. The van der Waals surface area contributed by atoms with Gasteiger partial charge in [-0.15, -0.1) is 0 Å². The zero-order valence-corrected chi connectivity index (χ0v) is 12.9. The van der Waals surface area contributed by atoms with Gasteiger partial charge in [0.2, 0.25) is 0 Å². The second kappa shape index (κ2) is 7.36. The molecule has 0 radical (unpaired) electrons. The summed E-state index contributed by atoms with van der Waals surface area (Å²) in [6.07, 6.45) is -8.50. The van der Waals surface area contributed by atoms with Crippen molar-refractivity contribution in [1.29, 1.82) is 0 Å². The topological polar surface area (TPSA) is 127 Å². The second-order valence-corrected chi connectivity index (χ2v) is 5.80. The smallest absolute Gasteiger partial charge is 0.468 e. The van der Waals surface area contributed by atoms with Crippen molar-refractivity contribution in [3.8, 4) is 0 Å². The molecule has 16 heteroatoms. The third kappa shape index (κ3) is 4.61. The van der Waals surface area contributed by atoms with Crippen molar-refractivity contribution in [3.63, 3.8) is 0 Å². The molecule has 8 nitrogen and oxygen atoms in total. The molecule has 0 aromatic heterocycles. The standard InChI is InChI=1S/C10H9F7O8S/c1-2-5(18)25-8(6(19)20,9(13,14)15)24-4-3-7(11,12)10(16,17)26(21,22)23/h2H,1,3-4H2,(H,19,20)(H,21,22,23). The molecule has 0 fully saturated rings. The molecule has 0 aliphatic rings. The first kappa shape index (κ1) is 24.1. The summed E-state index contributed by atoms with van der Waals surface area (Å²) in [5, 5.41) is 2.47. The number of ether oxygens (including phenoxy) is 2. The van der Waals surface area contributed by atoms with Crippen LogP contribution in [0.3, 0.4) is 0 Å². The third-order valence-corrected chi connectivity index (χ3v) is 3.48. The van der Waals surface area contributed by atoms with E-state index in [0.29, 0.717) is 0 Å². The summed E-state index contributed by atoms with van der Waals surface area (Å²) in [5.74, 6) is -15.6. The molecule has 1 atom stereocenters. The summed E-state index contributed by atoms with van der Waals surface area (Å²) >= 11 is 0. The van der Waals surface area contributed by atoms with Crippen molar-refractivity contribution in [3.05, 3.63) is 12.7 Å². The van der Waals surface area contributed by atoms with Gasteiger partial charge >= 0.3 is 45.2 Å². The van der Waals surface area contributed by atoms with E-state index < -0.39 is 58.2 Å². The molecular weight excluding hydrogens is 413 g/mol. The molecule has 0 aromatic carbocycles. The van der Waals surface area contributed by atoms with E-state index in [1.165, 1.54) is 0 Å². The minimum Gasteiger partial charge on any atom is -0.476 e. The lowest BCUT2D eigenvalue weighted by molar-refractivity contribution is -0.355. The molecule has 0 saturated heterocycles. The molecule has 152 valence electrons. The van der Waals surface area contributed by atoms with Gasteiger partial charge in [-0.1, -0.05) is 6.58 Å². The molecule has 26 heavy (non-hydrogen) atoms. The van der Waals surface area contributed by atoms with E-state index in [9.17, 15) is 48.7 Å². The minimum absolute atomic E-state index is 0.0634. The monoisotopic (exact) mass is 422 g/mol. The van der Waals surface area contributed by atoms with Crippen molar-refractivity contribution < 1.29 is 67.9 Å². The summed E-state index contributed by atoms with van der Waals surface area (Å²) in [7, 11) is -6.67. The van der Waals surface area contributed by atoms with Crippen molar-refractivity contribution in [1.82, 2.24) is 0 Å². The maximum atomic E-state index is 13.2. The molecule has 0 saturated carbocycles. The highest BCUT2D eigenvalue weighted by atomic mass is 32.2. The highest BCUT2D eigenvalue weighted by Gasteiger charge is 2.68.